The van der Waals surface area contributed by atoms with Crippen LogP contribution < -0.4 is 19.5 Å². The van der Waals surface area contributed by atoms with Crippen molar-refractivity contribution in [2.24, 2.45) is 0 Å². The minimum Gasteiger partial charge on any atom is -0.497 e. The molecule has 1 aliphatic rings. The monoisotopic (exact) mass is 491 g/mol. The molecule has 1 aliphatic carbocycles. The van der Waals surface area contributed by atoms with Crippen molar-refractivity contribution in [1.29, 1.82) is 0 Å². The summed E-state index contributed by atoms with van der Waals surface area (Å²) in [6.45, 7) is 0.894. The van der Waals surface area contributed by atoms with Gasteiger partial charge < -0.3 is 29.0 Å². The molecule has 0 bridgehead atoms. The second-order valence-electron chi connectivity index (χ2n) is 7.64. The minimum atomic E-state index is -0.435. The van der Waals surface area contributed by atoms with E-state index in [1.54, 1.807) is 38.5 Å². The lowest BCUT2D eigenvalue weighted by atomic mass is 10.1. The van der Waals surface area contributed by atoms with Gasteiger partial charge in [0.25, 0.3) is 0 Å². The zero-order valence-corrected chi connectivity index (χ0v) is 20.1. The third kappa shape index (κ3) is 5.61. The number of carbonyl (C=O) groups is 2. The maximum Gasteiger partial charge on any atom is 0.222 e. The van der Waals surface area contributed by atoms with Crippen LogP contribution in [0.2, 0.25) is 0 Å². The van der Waals surface area contributed by atoms with E-state index in [0.29, 0.717) is 47.2 Å². The molecule has 3 aromatic rings. The van der Waals surface area contributed by atoms with Crippen LogP contribution in [0.3, 0.4) is 0 Å². The summed E-state index contributed by atoms with van der Waals surface area (Å²) in [5.74, 6) is 1.12. The largest absolute Gasteiger partial charge is 0.497 e. The lowest BCUT2D eigenvalue weighted by Gasteiger charge is -2.16. The number of benzene rings is 2. The highest BCUT2D eigenvalue weighted by Gasteiger charge is 2.23. The van der Waals surface area contributed by atoms with Gasteiger partial charge in [-0.05, 0) is 23.8 Å². The number of nitrogens with one attached hydrogen (secondary N) is 1. The van der Waals surface area contributed by atoms with Crippen LogP contribution in [-0.4, -0.2) is 56.1 Å². The van der Waals surface area contributed by atoms with E-state index >= 15 is 0 Å². The number of hydrogen-bond donors (Lipinski definition) is 1. The smallest absolute Gasteiger partial charge is 0.222 e. The molecule has 0 amide bonds. The molecule has 1 heterocycles. The number of hydrogen-bond acceptors (Lipinski definition) is 10. The average Bonchev–Trinajstić information content (AvgIpc) is 2.90. The van der Waals surface area contributed by atoms with Gasteiger partial charge >= 0.3 is 0 Å². The van der Waals surface area contributed by atoms with Gasteiger partial charge in [-0.25, -0.2) is 9.97 Å². The van der Waals surface area contributed by atoms with Crippen LogP contribution >= 0.6 is 0 Å². The maximum atomic E-state index is 12.8. The molecule has 0 fully saturated rings. The molecule has 4 rings (SSSR count). The maximum absolute atomic E-state index is 12.8. The SMILES string of the molecule is COCCOc1cc2ncnc(NC3=CC(=O)C(OCc4ccc(OC)cc4)=CC3=O)c2cc1OC. The van der Waals surface area contributed by atoms with Gasteiger partial charge in [0.05, 0.1) is 32.0 Å². The van der Waals surface area contributed by atoms with E-state index in [1.165, 1.54) is 25.6 Å². The topological polar surface area (TPSA) is 118 Å². The summed E-state index contributed by atoms with van der Waals surface area (Å²) in [4.78, 5) is 33.9. The van der Waals surface area contributed by atoms with Crippen molar-refractivity contribution in [2.45, 2.75) is 6.61 Å². The molecule has 0 radical (unpaired) electrons. The number of aromatic nitrogens is 2. The van der Waals surface area contributed by atoms with Crippen molar-refractivity contribution in [3.8, 4) is 17.2 Å². The number of carbonyl (C=O) groups excluding carboxylic acids is 2. The zero-order valence-electron chi connectivity index (χ0n) is 20.1. The van der Waals surface area contributed by atoms with Gasteiger partial charge in [-0.15, -0.1) is 0 Å². The lowest BCUT2D eigenvalue weighted by molar-refractivity contribution is -0.117. The summed E-state index contributed by atoms with van der Waals surface area (Å²) in [6, 6.07) is 10.6. The van der Waals surface area contributed by atoms with Gasteiger partial charge in [-0.3, -0.25) is 9.59 Å². The number of rotatable bonds is 11. The standard InChI is InChI=1S/C26H25N3O7/c1-32-8-9-35-25-12-19-18(10-24(25)34-3)26(28-15-27-19)29-20-11-22(31)23(13-21(20)30)36-14-16-4-6-17(33-2)7-5-16/h4-7,10-13,15H,8-9,14H2,1-3H3,(H,27,28,29). The van der Waals surface area contributed by atoms with Crippen LogP contribution in [0.4, 0.5) is 5.82 Å². The summed E-state index contributed by atoms with van der Waals surface area (Å²) in [7, 11) is 4.69. The fraction of sp³-hybridized carbons (Fsp3) is 0.231. The molecule has 0 atom stereocenters. The van der Waals surface area contributed by atoms with Gasteiger partial charge in [0.2, 0.25) is 11.6 Å². The quantitative estimate of drug-likeness (QED) is 0.316. The van der Waals surface area contributed by atoms with E-state index < -0.39 is 11.6 Å². The third-order valence-corrected chi connectivity index (χ3v) is 5.32. The van der Waals surface area contributed by atoms with E-state index in [-0.39, 0.29) is 18.1 Å². The number of ketones is 2. The van der Waals surface area contributed by atoms with Crippen LogP contribution in [0.15, 0.2) is 66.3 Å². The van der Waals surface area contributed by atoms with Crippen molar-refractivity contribution in [2.75, 3.05) is 39.9 Å². The average molecular weight is 492 g/mol. The van der Waals surface area contributed by atoms with E-state index in [2.05, 4.69) is 15.3 Å². The van der Waals surface area contributed by atoms with Gasteiger partial charge in [0.1, 0.15) is 31.1 Å². The van der Waals surface area contributed by atoms with Crippen LogP contribution in [0.5, 0.6) is 17.2 Å². The minimum absolute atomic E-state index is 0.0339. The fourth-order valence-electron chi connectivity index (χ4n) is 3.43. The first-order chi connectivity index (χ1) is 17.5. The first-order valence-corrected chi connectivity index (χ1v) is 11.0. The Kier molecular flexibility index (Phi) is 7.76. The summed E-state index contributed by atoms with van der Waals surface area (Å²) in [5.41, 5.74) is 1.46. The van der Waals surface area contributed by atoms with Crippen LogP contribution in [0.25, 0.3) is 10.9 Å². The van der Waals surface area contributed by atoms with Crippen molar-refractivity contribution in [3.63, 3.8) is 0 Å². The van der Waals surface area contributed by atoms with E-state index in [1.807, 2.05) is 12.1 Å². The van der Waals surface area contributed by atoms with Gasteiger partial charge in [0.15, 0.2) is 17.3 Å². The van der Waals surface area contributed by atoms with Crippen molar-refractivity contribution in [3.05, 3.63) is 71.9 Å². The molecule has 2 aromatic carbocycles. The number of ether oxygens (including phenoxy) is 5. The highest BCUT2D eigenvalue weighted by atomic mass is 16.5. The first-order valence-electron chi connectivity index (χ1n) is 11.0. The van der Waals surface area contributed by atoms with E-state index in [9.17, 15) is 9.59 Å². The van der Waals surface area contributed by atoms with Gasteiger partial charge in [-0.1, -0.05) is 12.1 Å². The molecule has 1 aromatic heterocycles. The summed E-state index contributed by atoms with van der Waals surface area (Å²) >= 11 is 0. The molecule has 10 heteroatoms. The molecule has 10 nitrogen and oxygen atoms in total. The molecule has 0 aliphatic heterocycles. The Hall–Kier alpha value is -4.44. The molecule has 36 heavy (non-hydrogen) atoms. The second-order valence-corrected chi connectivity index (χ2v) is 7.64. The van der Waals surface area contributed by atoms with E-state index in [4.69, 9.17) is 23.7 Å². The van der Waals surface area contributed by atoms with Crippen molar-refractivity contribution >= 4 is 28.3 Å². The molecule has 186 valence electrons. The lowest BCUT2D eigenvalue weighted by Crippen LogP contribution is -2.20. The Balaban J connectivity index is 1.49. The summed E-state index contributed by atoms with van der Waals surface area (Å²) in [5, 5.41) is 3.53. The molecular weight excluding hydrogens is 466 g/mol. The zero-order chi connectivity index (χ0) is 25.5. The number of nitrogens with zero attached hydrogens (tertiary/aromatic N) is 2. The summed E-state index contributed by atoms with van der Waals surface area (Å²) < 4.78 is 26.9. The highest BCUT2D eigenvalue weighted by Crippen LogP contribution is 2.34. The Morgan fingerprint density at radius 2 is 1.64 bits per heavy atom. The third-order valence-electron chi connectivity index (χ3n) is 5.32. The van der Waals surface area contributed by atoms with Gasteiger partial charge in [-0.2, -0.15) is 0 Å². The molecule has 0 saturated heterocycles. The number of anilines is 1. The Labute approximate surface area is 207 Å². The highest BCUT2D eigenvalue weighted by molar-refractivity contribution is 6.20. The Morgan fingerprint density at radius 1 is 0.833 bits per heavy atom. The number of allylic oxidation sites excluding steroid dienone is 2. The molecule has 0 unspecified atom stereocenters. The molecular formula is C26H25N3O7. The van der Waals surface area contributed by atoms with Crippen molar-refractivity contribution < 1.29 is 33.3 Å². The number of methoxy groups -OCH3 is 3. The predicted molar refractivity (Wildman–Crippen MR) is 131 cm³/mol. The van der Waals surface area contributed by atoms with Crippen molar-refractivity contribution in [1.82, 2.24) is 9.97 Å². The number of fused-ring (bicyclic) bond motifs is 1. The van der Waals surface area contributed by atoms with Crippen LogP contribution in [0.1, 0.15) is 5.56 Å². The molecule has 0 spiro atoms. The van der Waals surface area contributed by atoms with Crippen LogP contribution in [0, 0.1) is 0 Å². The molecule has 1 N–H and O–H groups in total. The second kappa shape index (κ2) is 11.3. The Morgan fingerprint density at radius 3 is 2.36 bits per heavy atom. The molecule has 0 saturated carbocycles. The van der Waals surface area contributed by atoms with Gasteiger partial charge in [0, 0.05) is 30.7 Å². The first kappa shape index (κ1) is 24.7. The fourth-order valence-corrected chi connectivity index (χ4v) is 3.43. The predicted octanol–water partition coefficient (Wildman–Crippen LogP) is 3.22. The Bertz CT molecular complexity index is 1330. The normalized spacial score (nSPS) is 13.2. The summed E-state index contributed by atoms with van der Waals surface area (Å²) in [6.07, 6.45) is 3.71. The van der Waals surface area contributed by atoms with Crippen LogP contribution in [-0.2, 0) is 25.7 Å². The van der Waals surface area contributed by atoms with E-state index in [0.717, 1.165) is 5.56 Å².